The van der Waals surface area contributed by atoms with Crippen molar-refractivity contribution in [3.8, 4) is 0 Å². The average molecular weight is 982 g/mol. The zero-order chi connectivity index (χ0) is 51.9. The van der Waals surface area contributed by atoms with E-state index in [0.29, 0.717) is 36.8 Å². The zero-order valence-electron chi connectivity index (χ0n) is 43.4. The Morgan fingerprint density at radius 2 is 1.52 bits per heavy atom. The molecule has 386 valence electrons. The molecule has 14 nitrogen and oxygen atoms in total. The number of fused-ring (bicyclic) bond motifs is 4. The highest BCUT2D eigenvalue weighted by molar-refractivity contribution is 5.98. The van der Waals surface area contributed by atoms with E-state index in [1.54, 1.807) is 102 Å². The Morgan fingerprint density at radius 1 is 0.887 bits per heavy atom. The highest BCUT2D eigenvalue weighted by atomic mass is 16.6. The van der Waals surface area contributed by atoms with Crippen LogP contribution in [0.15, 0.2) is 84.0 Å². The maximum absolute atomic E-state index is 16.0. The van der Waals surface area contributed by atoms with Gasteiger partial charge in [-0.05, 0) is 95.1 Å². The number of ether oxygens (including phenoxy) is 6. The minimum Gasteiger partial charge on any atom is -0.455 e. The molecule has 4 aliphatic carbocycles. The molecule has 5 aliphatic rings. The van der Waals surface area contributed by atoms with Crippen molar-refractivity contribution in [1.29, 1.82) is 0 Å². The number of alkyl carbamates (subject to hydrolysis) is 1. The quantitative estimate of drug-likeness (QED) is 0.0622. The number of ketones is 1. The summed E-state index contributed by atoms with van der Waals surface area (Å²) in [5.41, 5.74) is -6.18. The number of unbranched alkanes of at least 4 members (excludes halogenated alkanes) is 5. The molecule has 71 heavy (non-hydrogen) atoms. The van der Waals surface area contributed by atoms with E-state index >= 15 is 9.59 Å². The Balaban J connectivity index is 1.38. The molecule has 4 fully saturated rings. The molecule has 0 aromatic heterocycles. The largest absolute Gasteiger partial charge is 0.455 e. The number of rotatable bonds is 18. The SMILES string of the molecule is C=C(C)C[C@@]12CO[C@@H]1C[C@@H]1C[C@@]13C(=O)[C@H](OC(C)=O)C1=C(C)[C@@H](OC(=O)[C@H](OC(=O)CCCCCCCC)[C@@H](NC(=O)OC(C)(C)C)c4ccccc4)C[C@@](O)([C@@H](OC(=O)c4ccccc4)C23C)C1(C)C. The van der Waals surface area contributed by atoms with Gasteiger partial charge < -0.3 is 38.8 Å². The molecule has 14 heteroatoms. The van der Waals surface area contributed by atoms with Crippen LogP contribution >= 0.6 is 0 Å². The van der Waals surface area contributed by atoms with Crippen molar-refractivity contribution in [2.75, 3.05) is 6.61 Å². The van der Waals surface area contributed by atoms with Crippen LogP contribution in [0.2, 0.25) is 0 Å². The number of aliphatic hydroxyl groups is 1. The molecule has 7 rings (SSSR count). The van der Waals surface area contributed by atoms with E-state index in [1.807, 2.05) is 13.8 Å². The van der Waals surface area contributed by atoms with E-state index in [0.717, 1.165) is 37.7 Å². The Labute approximate surface area is 418 Å². The summed E-state index contributed by atoms with van der Waals surface area (Å²) >= 11 is 0. The lowest BCUT2D eigenvalue weighted by atomic mass is 9.39. The third-order valence-electron chi connectivity index (χ3n) is 16.5. The summed E-state index contributed by atoms with van der Waals surface area (Å²) in [4.78, 5) is 86.8. The van der Waals surface area contributed by atoms with E-state index in [4.69, 9.17) is 28.4 Å². The molecule has 3 saturated carbocycles. The first kappa shape index (κ1) is 53.5. The van der Waals surface area contributed by atoms with Crippen molar-refractivity contribution in [3.63, 3.8) is 0 Å². The molecule has 0 radical (unpaired) electrons. The highest BCUT2D eigenvalue weighted by Gasteiger charge is 2.87. The molecule has 1 spiro atoms. The van der Waals surface area contributed by atoms with E-state index in [9.17, 15) is 24.3 Å². The number of nitrogens with one attached hydrogen (secondary N) is 1. The van der Waals surface area contributed by atoms with Gasteiger partial charge in [0.05, 0.1) is 18.3 Å². The highest BCUT2D eigenvalue weighted by Crippen LogP contribution is 2.82. The van der Waals surface area contributed by atoms with Crippen LogP contribution in [0.4, 0.5) is 4.79 Å². The lowest BCUT2D eigenvalue weighted by molar-refractivity contribution is -0.328. The number of carbonyl (C=O) groups excluding carboxylic acids is 6. The van der Waals surface area contributed by atoms with E-state index in [-0.39, 0.29) is 42.6 Å². The summed E-state index contributed by atoms with van der Waals surface area (Å²) in [6.07, 6.45) is -1.19. The minimum atomic E-state index is -2.16. The monoisotopic (exact) mass is 982 g/mol. The number of esters is 4. The summed E-state index contributed by atoms with van der Waals surface area (Å²) in [5, 5.41) is 17.0. The molecule has 1 aliphatic heterocycles. The van der Waals surface area contributed by atoms with Crippen LogP contribution in [-0.4, -0.2) is 89.2 Å². The Kier molecular flexibility index (Phi) is 15.3. The zero-order valence-corrected chi connectivity index (χ0v) is 43.4. The first-order chi connectivity index (χ1) is 33.4. The normalized spacial score (nSPS) is 31.0. The van der Waals surface area contributed by atoms with Gasteiger partial charge in [0.1, 0.15) is 29.5 Å². The number of amides is 1. The molecule has 1 heterocycles. The van der Waals surface area contributed by atoms with Gasteiger partial charge in [0.25, 0.3) is 0 Å². The average Bonchev–Trinajstić information content (AvgIpc) is 4.04. The molecular weight excluding hydrogens is 907 g/mol. The van der Waals surface area contributed by atoms with Gasteiger partial charge in [0.2, 0.25) is 6.10 Å². The van der Waals surface area contributed by atoms with Crippen molar-refractivity contribution in [2.24, 2.45) is 27.6 Å². The molecule has 2 aromatic rings. The van der Waals surface area contributed by atoms with Crippen molar-refractivity contribution in [1.82, 2.24) is 5.32 Å². The molecule has 2 N–H and O–H groups in total. The fraction of sp³-hybridized carbons (Fsp3) is 0.614. The van der Waals surface area contributed by atoms with Gasteiger partial charge in [-0.15, -0.1) is 6.58 Å². The predicted octanol–water partition coefficient (Wildman–Crippen LogP) is 9.81. The second-order valence-electron chi connectivity index (χ2n) is 22.6. The number of Topliss-reactive ketones (excluding diaryl/α,β-unsaturated/α-hetero) is 1. The number of hydrogen-bond acceptors (Lipinski definition) is 13. The van der Waals surface area contributed by atoms with Crippen molar-refractivity contribution in [2.45, 2.75) is 188 Å². The summed E-state index contributed by atoms with van der Waals surface area (Å²) in [6.45, 7) is 21.8. The minimum absolute atomic E-state index is 0.0110. The molecule has 2 aromatic carbocycles. The first-order valence-electron chi connectivity index (χ1n) is 25.5. The van der Waals surface area contributed by atoms with Crippen LogP contribution in [0.5, 0.6) is 0 Å². The summed E-state index contributed by atoms with van der Waals surface area (Å²) < 4.78 is 37.6. The first-order valence-corrected chi connectivity index (χ1v) is 25.5. The van der Waals surface area contributed by atoms with Crippen LogP contribution in [0.1, 0.15) is 162 Å². The van der Waals surface area contributed by atoms with Gasteiger partial charge in [-0.2, -0.15) is 0 Å². The van der Waals surface area contributed by atoms with Gasteiger partial charge in [-0.1, -0.05) is 114 Å². The van der Waals surface area contributed by atoms with Crippen molar-refractivity contribution in [3.05, 3.63) is 95.1 Å². The fourth-order valence-corrected chi connectivity index (χ4v) is 13.0. The molecule has 2 bridgehead atoms. The predicted molar refractivity (Wildman–Crippen MR) is 263 cm³/mol. The van der Waals surface area contributed by atoms with E-state index in [1.165, 1.54) is 6.92 Å². The van der Waals surface area contributed by atoms with Crippen LogP contribution in [-0.2, 0) is 47.6 Å². The standard InChI is InChI=1S/C57H75NO13/c1-12-13-14-15-16-23-28-42(60)69-46(44(37-24-19-17-20-25-37)58-51(64)71-52(6,7)8)49(63)68-40-32-57(65)50(70-48(62)38-26-21-18-22-27-38)54(11)55(30-34(2)3)33-66-41(55)29-39-31-56(39,54)47(61)45(67-36(5)59)43(35(40)4)53(57,9)10/h17-22,24-27,39-41,44-46,50,65H,2,12-16,23,28-33H2,1,3-11H3,(H,58,64)/t39-,40+,41-,44+,45-,46-,50+,54?,55-,56+,57-/m1/s1. The molecule has 11 atom stereocenters. The van der Waals surface area contributed by atoms with Crippen molar-refractivity contribution >= 4 is 35.8 Å². The summed E-state index contributed by atoms with van der Waals surface area (Å²) in [6, 6.07) is 15.6. The third kappa shape index (κ3) is 9.71. The van der Waals surface area contributed by atoms with Gasteiger partial charge in [0, 0.05) is 41.4 Å². The second kappa shape index (κ2) is 20.3. The van der Waals surface area contributed by atoms with Crippen LogP contribution in [0, 0.1) is 27.6 Å². The van der Waals surface area contributed by atoms with Gasteiger partial charge in [-0.3, -0.25) is 14.4 Å². The van der Waals surface area contributed by atoms with Crippen LogP contribution in [0.3, 0.4) is 0 Å². The number of carbonyl (C=O) groups is 6. The van der Waals surface area contributed by atoms with Crippen molar-refractivity contribution < 1.29 is 62.3 Å². The molecular formula is C57H75NO13. The molecule has 1 saturated heterocycles. The second-order valence-corrected chi connectivity index (χ2v) is 22.6. The Hall–Kier alpha value is -5.34. The summed E-state index contributed by atoms with van der Waals surface area (Å²) in [7, 11) is 0. The van der Waals surface area contributed by atoms with Gasteiger partial charge >= 0.3 is 30.0 Å². The smallest absolute Gasteiger partial charge is 0.408 e. The lowest BCUT2D eigenvalue weighted by Crippen LogP contribution is -2.79. The van der Waals surface area contributed by atoms with Gasteiger partial charge in [0.15, 0.2) is 11.9 Å². The fourth-order valence-electron chi connectivity index (χ4n) is 13.0. The Bertz CT molecular complexity index is 2410. The van der Waals surface area contributed by atoms with Crippen LogP contribution < -0.4 is 5.32 Å². The maximum Gasteiger partial charge on any atom is 0.408 e. The number of hydrogen-bond donors (Lipinski definition) is 2. The molecule has 1 amide bonds. The van der Waals surface area contributed by atoms with E-state index in [2.05, 4.69) is 18.8 Å². The topological polar surface area (TPSA) is 190 Å². The Morgan fingerprint density at radius 3 is 2.11 bits per heavy atom. The van der Waals surface area contributed by atoms with Crippen LogP contribution in [0.25, 0.3) is 0 Å². The summed E-state index contributed by atoms with van der Waals surface area (Å²) in [5.74, 6) is -3.89. The lowest BCUT2D eigenvalue weighted by Gasteiger charge is -2.70. The number of benzene rings is 2. The number of allylic oxidation sites excluding steroid dienone is 1. The maximum atomic E-state index is 16.0. The van der Waals surface area contributed by atoms with E-state index < -0.39 is 99.1 Å². The molecule has 1 unspecified atom stereocenters. The van der Waals surface area contributed by atoms with Gasteiger partial charge in [-0.25, -0.2) is 14.4 Å². The third-order valence-corrected chi connectivity index (χ3v) is 16.5.